The Balaban J connectivity index is 2.30. The lowest BCUT2D eigenvalue weighted by atomic mass is 10.2. The number of carbonyl (C=O) groups is 1. The van der Waals surface area contributed by atoms with Crippen LogP contribution in [0.5, 0.6) is 0 Å². The standard InChI is InChI=1S/C14H20N6O3/c1-6-19-8-11(9(2)16-19)7-17(4)14(21)13-12(20(22)23)10(3)15-18(13)5/h8H,6-7H2,1-5H3. The van der Waals surface area contributed by atoms with Gasteiger partial charge in [0.1, 0.15) is 5.69 Å². The molecule has 2 rings (SSSR count). The maximum absolute atomic E-state index is 12.6. The summed E-state index contributed by atoms with van der Waals surface area (Å²) in [5.41, 5.74) is 1.71. The minimum absolute atomic E-state index is 0.0180. The summed E-state index contributed by atoms with van der Waals surface area (Å²) in [6.07, 6.45) is 1.88. The number of nitro groups is 1. The summed E-state index contributed by atoms with van der Waals surface area (Å²) in [5.74, 6) is -0.441. The quantitative estimate of drug-likeness (QED) is 0.613. The molecule has 0 saturated heterocycles. The summed E-state index contributed by atoms with van der Waals surface area (Å²) in [6, 6.07) is 0. The summed E-state index contributed by atoms with van der Waals surface area (Å²) >= 11 is 0. The molecule has 0 aromatic carbocycles. The van der Waals surface area contributed by atoms with Gasteiger partial charge in [0.15, 0.2) is 0 Å². The van der Waals surface area contributed by atoms with Gasteiger partial charge in [0.05, 0.1) is 10.6 Å². The molecule has 1 amide bonds. The molecule has 0 aliphatic heterocycles. The molecule has 0 N–H and O–H groups in total. The molecule has 2 aromatic rings. The Labute approximate surface area is 133 Å². The fourth-order valence-corrected chi connectivity index (χ4v) is 2.49. The molecule has 2 aromatic heterocycles. The molecule has 9 nitrogen and oxygen atoms in total. The van der Waals surface area contributed by atoms with Crippen molar-refractivity contribution in [1.82, 2.24) is 24.5 Å². The van der Waals surface area contributed by atoms with Crippen LogP contribution in [0.4, 0.5) is 5.69 Å². The number of amides is 1. The molecule has 0 saturated carbocycles. The highest BCUT2D eigenvalue weighted by Gasteiger charge is 2.31. The number of carbonyl (C=O) groups excluding carboxylic acids is 1. The van der Waals surface area contributed by atoms with Crippen LogP contribution in [0, 0.1) is 24.0 Å². The van der Waals surface area contributed by atoms with Crippen LogP contribution in [0.25, 0.3) is 0 Å². The van der Waals surface area contributed by atoms with Gasteiger partial charge in [-0.05, 0) is 20.8 Å². The second-order valence-corrected chi connectivity index (χ2v) is 5.42. The molecule has 0 unspecified atom stereocenters. The lowest BCUT2D eigenvalue weighted by Crippen LogP contribution is -2.28. The predicted molar refractivity (Wildman–Crippen MR) is 83.0 cm³/mol. The highest BCUT2D eigenvalue weighted by molar-refractivity contribution is 5.96. The molecule has 0 fully saturated rings. The summed E-state index contributed by atoms with van der Waals surface area (Å²) in [5, 5.41) is 19.5. The summed E-state index contributed by atoms with van der Waals surface area (Å²) in [4.78, 5) is 24.7. The van der Waals surface area contributed by atoms with Crippen molar-refractivity contribution in [3.8, 4) is 0 Å². The Morgan fingerprint density at radius 1 is 1.35 bits per heavy atom. The molecular weight excluding hydrogens is 300 g/mol. The normalized spacial score (nSPS) is 10.8. The van der Waals surface area contributed by atoms with Crippen molar-refractivity contribution in [2.24, 2.45) is 7.05 Å². The largest absolute Gasteiger partial charge is 0.336 e. The second-order valence-electron chi connectivity index (χ2n) is 5.42. The lowest BCUT2D eigenvalue weighted by Gasteiger charge is -2.16. The van der Waals surface area contributed by atoms with E-state index in [-0.39, 0.29) is 17.1 Å². The van der Waals surface area contributed by atoms with Crippen molar-refractivity contribution in [2.75, 3.05) is 7.05 Å². The van der Waals surface area contributed by atoms with Gasteiger partial charge in [-0.1, -0.05) is 0 Å². The summed E-state index contributed by atoms with van der Waals surface area (Å²) in [7, 11) is 3.14. The molecule has 0 aliphatic rings. The van der Waals surface area contributed by atoms with Crippen molar-refractivity contribution in [3.05, 3.63) is 39.0 Å². The first-order valence-electron chi connectivity index (χ1n) is 7.22. The number of rotatable bonds is 5. The van der Waals surface area contributed by atoms with E-state index in [1.54, 1.807) is 11.7 Å². The Morgan fingerprint density at radius 2 is 2.00 bits per heavy atom. The van der Waals surface area contributed by atoms with Crippen LogP contribution in [-0.4, -0.2) is 42.3 Å². The van der Waals surface area contributed by atoms with Crippen LogP contribution in [0.2, 0.25) is 0 Å². The molecule has 2 heterocycles. The van der Waals surface area contributed by atoms with E-state index in [1.807, 2.05) is 20.0 Å². The molecule has 9 heteroatoms. The van der Waals surface area contributed by atoms with Crippen molar-refractivity contribution in [3.63, 3.8) is 0 Å². The fraction of sp³-hybridized carbons (Fsp3) is 0.500. The fourth-order valence-electron chi connectivity index (χ4n) is 2.49. The van der Waals surface area contributed by atoms with E-state index in [2.05, 4.69) is 10.2 Å². The SMILES string of the molecule is CCn1cc(CN(C)C(=O)c2c([N+](=O)[O-])c(C)nn2C)c(C)n1. The Morgan fingerprint density at radius 3 is 2.52 bits per heavy atom. The average Bonchev–Trinajstić information content (AvgIpc) is 2.97. The Hall–Kier alpha value is -2.71. The van der Waals surface area contributed by atoms with Gasteiger partial charge in [-0.3, -0.25) is 24.3 Å². The zero-order valence-electron chi connectivity index (χ0n) is 13.9. The van der Waals surface area contributed by atoms with E-state index in [4.69, 9.17) is 0 Å². The molecule has 0 aliphatic carbocycles. The van der Waals surface area contributed by atoms with Crippen molar-refractivity contribution in [2.45, 2.75) is 33.9 Å². The summed E-state index contributed by atoms with van der Waals surface area (Å²) in [6.45, 7) is 6.44. The molecular formula is C14H20N6O3. The van der Waals surface area contributed by atoms with Gasteiger partial charge < -0.3 is 4.90 Å². The second kappa shape index (κ2) is 6.19. The minimum atomic E-state index is -0.566. The molecule has 0 spiro atoms. The Bertz CT molecular complexity index is 761. The molecule has 0 atom stereocenters. The number of hydrogen-bond acceptors (Lipinski definition) is 5. The number of aromatic nitrogens is 4. The van der Waals surface area contributed by atoms with Crippen LogP contribution in [0.15, 0.2) is 6.20 Å². The highest BCUT2D eigenvalue weighted by atomic mass is 16.6. The number of hydrogen-bond donors (Lipinski definition) is 0. The monoisotopic (exact) mass is 320 g/mol. The third kappa shape index (κ3) is 3.08. The van der Waals surface area contributed by atoms with Gasteiger partial charge in [0, 0.05) is 38.9 Å². The van der Waals surface area contributed by atoms with Crippen molar-refractivity contribution in [1.29, 1.82) is 0 Å². The third-order valence-electron chi connectivity index (χ3n) is 3.70. The van der Waals surface area contributed by atoms with Gasteiger partial charge in [0.25, 0.3) is 5.91 Å². The zero-order valence-corrected chi connectivity index (χ0v) is 13.9. The molecule has 0 radical (unpaired) electrons. The zero-order chi connectivity index (χ0) is 17.3. The topological polar surface area (TPSA) is 99.1 Å². The molecule has 23 heavy (non-hydrogen) atoms. The minimum Gasteiger partial charge on any atom is -0.336 e. The van der Waals surface area contributed by atoms with Gasteiger partial charge in [-0.15, -0.1) is 0 Å². The lowest BCUT2D eigenvalue weighted by molar-refractivity contribution is -0.385. The third-order valence-corrected chi connectivity index (χ3v) is 3.70. The van der Waals surface area contributed by atoms with E-state index in [0.29, 0.717) is 6.54 Å². The van der Waals surface area contributed by atoms with Crippen molar-refractivity contribution < 1.29 is 9.72 Å². The van der Waals surface area contributed by atoms with E-state index in [9.17, 15) is 14.9 Å². The number of aryl methyl sites for hydroxylation is 4. The maximum atomic E-state index is 12.6. The van der Waals surface area contributed by atoms with E-state index < -0.39 is 10.8 Å². The van der Waals surface area contributed by atoms with Gasteiger partial charge in [0.2, 0.25) is 5.69 Å². The first-order valence-corrected chi connectivity index (χ1v) is 7.22. The predicted octanol–water partition coefficient (Wildman–Crippen LogP) is 1.43. The van der Waals surface area contributed by atoms with Crippen LogP contribution < -0.4 is 0 Å². The smallest absolute Gasteiger partial charge is 0.322 e. The first kappa shape index (κ1) is 16.7. The van der Waals surface area contributed by atoms with Gasteiger partial charge in [-0.2, -0.15) is 10.2 Å². The summed E-state index contributed by atoms with van der Waals surface area (Å²) < 4.78 is 3.05. The van der Waals surface area contributed by atoms with Gasteiger partial charge in [-0.25, -0.2) is 0 Å². The highest BCUT2D eigenvalue weighted by Crippen LogP contribution is 2.24. The Kier molecular flexibility index (Phi) is 4.48. The van der Waals surface area contributed by atoms with E-state index in [1.165, 1.54) is 23.6 Å². The maximum Gasteiger partial charge on any atom is 0.322 e. The van der Waals surface area contributed by atoms with Crippen molar-refractivity contribution >= 4 is 11.6 Å². The molecule has 124 valence electrons. The van der Waals surface area contributed by atoms with E-state index in [0.717, 1.165) is 17.8 Å². The van der Waals surface area contributed by atoms with E-state index >= 15 is 0 Å². The van der Waals surface area contributed by atoms with Crippen LogP contribution in [0.1, 0.15) is 34.4 Å². The molecule has 0 bridgehead atoms. The number of nitrogens with zero attached hydrogens (tertiary/aromatic N) is 6. The van der Waals surface area contributed by atoms with Crippen LogP contribution in [-0.2, 0) is 20.1 Å². The van der Waals surface area contributed by atoms with Crippen LogP contribution in [0.3, 0.4) is 0 Å². The van der Waals surface area contributed by atoms with Crippen LogP contribution >= 0.6 is 0 Å². The van der Waals surface area contributed by atoms with Gasteiger partial charge >= 0.3 is 5.69 Å². The average molecular weight is 320 g/mol. The first-order chi connectivity index (χ1) is 10.8.